The molecule has 1 aromatic heterocycles. The molecule has 0 radical (unpaired) electrons. The number of alkyl halides is 3. The minimum atomic E-state index is -4.45. The van der Waals surface area contributed by atoms with Gasteiger partial charge in [-0.15, -0.1) is 0 Å². The van der Waals surface area contributed by atoms with Crippen LogP contribution in [-0.4, -0.2) is 26.6 Å². The fourth-order valence-corrected chi connectivity index (χ4v) is 2.20. The number of aliphatic carboxylic acids is 1. The summed E-state index contributed by atoms with van der Waals surface area (Å²) >= 11 is -0.301. The fraction of sp³-hybridized carbons (Fsp3) is 0.0909. The van der Waals surface area contributed by atoms with Crippen molar-refractivity contribution in [2.75, 3.05) is 0 Å². The summed E-state index contributed by atoms with van der Waals surface area (Å²) in [7, 11) is 0. The molecule has 0 bridgehead atoms. The van der Waals surface area contributed by atoms with Crippen molar-refractivity contribution < 1.29 is 23.1 Å². The van der Waals surface area contributed by atoms with Gasteiger partial charge >= 0.3 is 11.5 Å². The average Bonchev–Trinajstić information content (AvgIpc) is 2.73. The molecule has 0 saturated heterocycles. The van der Waals surface area contributed by atoms with E-state index in [-0.39, 0.29) is 22.2 Å². The van der Waals surface area contributed by atoms with Gasteiger partial charge in [0.2, 0.25) is 0 Å². The highest BCUT2D eigenvalue weighted by Gasteiger charge is 2.30. The predicted molar refractivity (Wildman–Crippen MR) is 64.7 cm³/mol. The second-order valence-corrected chi connectivity index (χ2v) is 4.60. The predicted octanol–water partition coefficient (Wildman–Crippen LogP) is 3.27. The molecule has 0 unspecified atom stereocenters. The van der Waals surface area contributed by atoms with Crippen LogP contribution < -0.4 is 0 Å². The Bertz CT molecular complexity index is 649. The van der Waals surface area contributed by atoms with E-state index < -0.39 is 11.5 Å². The summed E-state index contributed by atoms with van der Waals surface area (Å²) in [6.45, 7) is 0. The lowest BCUT2D eigenvalue weighted by atomic mass is 10.1. The molecule has 2 rings (SSSR count). The van der Waals surface area contributed by atoms with E-state index in [0.717, 1.165) is 12.2 Å². The molecule has 4 nitrogen and oxygen atoms in total. The third-order valence-electron chi connectivity index (χ3n) is 2.21. The maximum atomic E-state index is 12.4. The number of carboxylic acid groups (broad SMARTS) is 1. The standard InChI is InChI=1S/C11H7F3N2O2S/c12-11(13,14)19-8-3-2-7-10(16-5-15-7)6(8)1-4-9(17)18/h1-5H,(H,15,16)(H,17,18). The van der Waals surface area contributed by atoms with Gasteiger partial charge in [-0.1, -0.05) is 0 Å². The summed E-state index contributed by atoms with van der Waals surface area (Å²) in [6.07, 6.45) is 3.23. The van der Waals surface area contributed by atoms with E-state index in [9.17, 15) is 18.0 Å². The summed E-state index contributed by atoms with van der Waals surface area (Å²) < 4.78 is 37.3. The Hall–Kier alpha value is -1.96. The van der Waals surface area contributed by atoms with Gasteiger partial charge in [-0.25, -0.2) is 9.78 Å². The fourth-order valence-electron chi connectivity index (χ4n) is 1.54. The van der Waals surface area contributed by atoms with E-state index in [0.29, 0.717) is 11.0 Å². The number of benzene rings is 1. The summed E-state index contributed by atoms with van der Waals surface area (Å²) in [5.41, 5.74) is -3.48. The molecule has 0 aliphatic carbocycles. The van der Waals surface area contributed by atoms with Crippen LogP contribution in [0.25, 0.3) is 17.1 Å². The zero-order valence-corrected chi connectivity index (χ0v) is 10.0. The summed E-state index contributed by atoms with van der Waals surface area (Å²) in [5, 5.41) is 8.58. The molecule has 0 aliphatic rings. The van der Waals surface area contributed by atoms with Gasteiger partial charge in [0.05, 0.1) is 17.4 Å². The van der Waals surface area contributed by atoms with Crippen LogP contribution >= 0.6 is 11.8 Å². The van der Waals surface area contributed by atoms with Crippen LogP contribution in [0.1, 0.15) is 5.56 Å². The first-order valence-electron chi connectivity index (χ1n) is 4.99. The summed E-state index contributed by atoms with van der Waals surface area (Å²) in [6, 6.07) is 2.74. The van der Waals surface area contributed by atoms with Crippen molar-refractivity contribution in [2.24, 2.45) is 0 Å². The van der Waals surface area contributed by atoms with Gasteiger partial charge < -0.3 is 10.1 Å². The van der Waals surface area contributed by atoms with Gasteiger partial charge in [0.25, 0.3) is 0 Å². The number of hydrogen-bond acceptors (Lipinski definition) is 3. The van der Waals surface area contributed by atoms with Crippen molar-refractivity contribution in [3.8, 4) is 0 Å². The van der Waals surface area contributed by atoms with Crippen LogP contribution in [0.2, 0.25) is 0 Å². The Labute approximate surface area is 109 Å². The molecule has 0 spiro atoms. The van der Waals surface area contributed by atoms with Crippen molar-refractivity contribution >= 4 is 34.8 Å². The SMILES string of the molecule is O=C(O)C=Cc1c(SC(F)(F)F)ccc2[nH]cnc12. The summed E-state index contributed by atoms with van der Waals surface area (Å²) in [5.74, 6) is -1.24. The Morgan fingerprint density at radius 3 is 2.79 bits per heavy atom. The molecule has 8 heteroatoms. The quantitative estimate of drug-likeness (QED) is 0.672. The summed E-state index contributed by atoms with van der Waals surface area (Å²) in [4.78, 5) is 17.1. The van der Waals surface area contributed by atoms with Gasteiger partial charge in [0, 0.05) is 16.5 Å². The van der Waals surface area contributed by atoms with Gasteiger partial charge in [-0.05, 0) is 30.0 Å². The first-order chi connectivity index (χ1) is 8.87. The first kappa shape index (κ1) is 13.5. The molecule has 0 fully saturated rings. The highest BCUT2D eigenvalue weighted by Crippen LogP contribution is 2.40. The van der Waals surface area contributed by atoms with Crippen molar-refractivity contribution in [2.45, 2.75) is 10.4 Å². The normalized spacial score (nSPS) is 12.4. The number of imidazole rings is 1. The lowest BCUT2D eigenvalue weighted by Gasteiger charge is -2.09. The molecule has 0 atom stereocenters. The molecule has 0 saturated carbocycles. The smallest absolute Gasteiger partial charge is 0.446 e. The number of halogens is 3. The van der Waals surface area contributed by atoms with Crippen molar-refractivity contribution in [1.82, 2.24) is 9.97 Å². The van der Waals surface area contributed by atoms with Crippen LogP contribution in [0.15, 0.2) is 29.4 Å². The van der Waals surface area contributed by atoms with E-state index in [1.165, 1.54) is 18.5 Å². The van der Waals surface area contributed by atoms with Gasteiger partial charge in [0.15, 0.2) is 0 Å². The molecule has 0 amide bonds. The molecule has 1 aromatic carbocycles. The Morgan fingerprint density at radius 2 is 2.16 bits per heavy atom. The van der Waals surface area contributed by atoms with Crippen molar-refractivity contribution in [3.63, 3.8) is 0 Å². The second-order valence-electron chi connectivity index (χ2n) is 3.50. The molecule has 2 aromatic rings. The minimum absolute atomic E-state index is 0.0930. The molecule has 0 aliphatic heterocycles. The van der Waals surface area contributed by atoms with E-state index in [4.69, 9.17) is 5.11 Å². The van der Waals surface area contributed by atoms with Crippen LogP contribution in [0.4, 0.5) is 13.2 Å². The maximum absolute atomic E-state index is 12.4. The van der Waals surface area contributed by atoms with E-state index >= 15 is 0 Å². The maximum Gasteiger partial charge on any atom is 0.446 e. The molecule has 1 heterocycles. The number of nitrogens with one attached hydrogen (secondary N) is 1. The number of carboxylic acids is 1. The zero-order valence-electron chi connectivity index (χ0n) is 9.23. The van der Waals surface area contributed by atoms with Gasteiger partial charge in [-0.2, -0.15) is 13.2 Å². The third-order valence-corrected chi connectivity index (χ3v) is 3.02. The number of H-pyrrole nitrogens is 1. The van der Waals surface area contributed by atoms with Gasteiger partial charge in [-0.3, -0.25) is 0 Å². The highest BCUT2D eigenvalue weighted by molar-refractivity contribution is 8.00. The molecule has 100 valence electrons. The average molecular weight is 288 g/mol. The number of aromatic amines is 1. The largest absolute Gasteiger partial charge is 0.478 e. The lowest BCUT2D eigenvalue weighted by Crippen LogP contribution is -2.00. The number of carbonyl (C=O) groups is 1. The van der Waals surface area contributed by atoms with E-state index in [1.807, 2.05) is 0 Å². The first-order valence-corrected chi connectivity index (χ1v) is 5.81. The van der Waals surface area contributed by atoms with Gasteiger partial charge in [0.1, 0.15) is 0 Å². The van der Waals surface area contributed by atoms with Crippen LogP contribution in [0.3, 0.4) is 0 Å². The second kappa shape index (κ2) is 4.96. The van der Waals surface area contributed by atoms with E-state index in [1.54, 1.807) is 0 Å². The molecular formula is C11H7F3N2O2S. The topological polar surface area (TPSA) is 66.0 Å². The highest BCUT2D eigenvalue weighted by atomic mass is 32.2. The third kappa shape index (κ3) is 3.28. The zero-order chi connectivity index (χ0) is 14.0. The number of aromatic nitrogens is 2. The van der Waals surface area contributed by atoms with Crippen LogP contribution in [0, 0.1) is 0 Å². The molecule has 19 heavy (non-hydrogen) atoms. The lowest BCUT2D eigenvalue weighted by molar-refractivity contribution is -0.131. The van der Waals surface area contributed by atoms with Crippen molar-refractivity contribution in [1.29, 1.82) is 0 Å². The van der Waals surface area contributed by atoms with Crippen molar-refractivity contribution in [3.05, 3.63) is 30.1 Å². The minimum Gasteiger partial charge on any atom is -0.478 e. The number of nitrogens with zero attached hydrogens (tertiary/aromatic N) is 1. The van der Waals surface area contributed by atoms with E-state index in [2.05, 4.69) is 9.97 Å². The van der Waals surface area contributed by atoms with Crippen LogP contribution in [0.5, 0.6) is 0 Å². The van der Waals surface area contributed by atoms with Crippen LogP contribution in [-0.2, 0) is 4.79 Å². The Morgan fingerprint density at radius 1 is 1.42 bits per heavy atom. The number of fused-ring (bicyclic) bond motifs is 1. The number of thioether (sulfide) groups is 1. The number of hydrogen-bond donors (Lipinski definition) is 2. The monoisotopic (exact) mass is 288 g/mol. The number of rotatable bonds is 3. The molecule has 2 N–H and O–H groups in total. The Kier molecular flexibility index (Phi) is 3.52. The molecular weight excluding hydrogens is 281 g/mol. The Balaban J connectivity index is 2.55.